The molecule has 2 aromatic rings. The van der Waals surface area contributed by atoms with Crippen LogP contribution in [-0.2, 0) is 4.74 Å². The van der Waals surface area contributed by atoms with Gasteiger partial charge in [0, 0.05) is 0 Å². The minimum absolute atomic E-state index is 0.218. The lowest BCUT2D eigenvalue weighted by molar-refractivity contribution is 0.0592. The van der Waals surface area contributed by atoms with Crippen LogP contribution in [0.25, 0.3) is 5.69 Å². The van der Waals surface area contributed by atoms with Crippen LogP contribution in [0, 0.1) is 6.92 Å². The number of methoxy groups -OCH3 is 1. The van der Waals surface area contributed by atoms with Crippen LogP contribution in [0.3, 0.4) is 0 Å². The molecule has 2 rings (SSSR count). The SMILES string of the molecule is COC(=O)c1nn(-c2cccc(C)c2)c(C(C)C)c1Br. The molecular formula is C15H17BrN2O2. The van der Waals surface area contributed by atoms with Gasteiger partial charge in [-0.3, -0.25) is 0 Å². The van der Waals surface area contributed by atoms with E-state index in [2.05, 4.69) is 34.9 Å². The number of rotatable bonds is 3. The summed E-state index contributed by atoms with van der Waals surface area (Å²) in [5.74, 6) is -0.221. The van der Waals surface area contributed by atoms with Gasteiger partial charge in [-0.05, 0) is 46.5 Å². The summed E-state index contributed by atoms with van der Waals surface area (Å²) in [4.78, 5) is 11.8. The second kappa shape index (κ2) is 5.79. The molecule has 5 heteroatoms. The number of aromatic nitrogens is 2. The lowest BCUT2D eigenvalue weighted by Crippen LogP contribution is -2.06. The molecule has 0 N–H and O–H groups in total. The van der Waals surface area contributed by atoms with Crippen LogP contribution in [0.5, 0.6) is 0 Å². The fourth-order valence-corrected chi connectivity index (χ4v) is 2.96. The maximum absolute atomic E-state index is 11.8. The van der Waals surface area contributed by atoms with Gasteiger partial charge in [-0.1, -0.05) is 26.0 Å². The van der Waals surface area contributed by atoms with Gasteiger partial charge in [0.15, 0.2) is 5.69 Å². The van der Waals surface area contributed by atoms with E-state index in [1.165, 1.54) is 7.11 Å². The molecule has 0 amide bonds. The second-order valence-electron chi connectivity index (χ2n) is 4.94. The van der Waals surface area contributed by atoms with Crippen molar-refractivity contribution in [1.82, 2.24) is 9.78 Å². The minimum Gasteiger partial charge on any atom is -0.464 e. The zero-order valence-electron chi connectivity index (χ0n) is 12.0. The Morgan fingerprint density at radius 2 is 2.10 bits per heavy atom. The average Bonchev–Trinajstić information content (AvgIpc) is 2.75. The van der Waals surface area contributed by atoms with Crippen molar-refractivity contribution in [2.24, 2.45) is 0 Å². The summed E-state index contributed by atoms with van der Waals surface area (Å²) in [7, 11) is 1.36. The maximum Gasteiger partial charge on any atom is 0.359 e. The van der Waals surface area contributed by atoms with Gasteiger partial charge in [-0.15, -0.1) is 0 Å². The standard InChI is InChI=1S/C15H17BrN2O2/c1-9(2)14-12(16)13(15(19)20-4)17-18(14)11-7-5-6-10(3)8-11/h5-9H,1-4H3. The maximum atomic E-state index is 11.8. The Kier molecular flexibility index (Phi) is 4.28. The average molecular weight is 337 g/mol. The molecular weight excluding hydrogens is 320 g/mol. The van der Waals surface area contributed by atoms with Crippen molar-refractivity contribution in [3.63, 3.8) is 0 Å². The Morgan fingerprint density at radius 1 is 1.40 bits per heavy atom. The number of aryl methyl sites for hydroxylation is 1. The number of carbonyl (C=O) groups is 1. The third-order valence-corrected chi connectivity index (χ3v) is 3.81. The van der Waals surface area contributed by atoms with Crippen LogP contribution in [-0.4, -0.2) is 22.9 Å². The summed E-state index contributed by atoms with van der Waals surface area (Å²) in [5.41, 5.74) is 3.33. The normalized spacial score (nSPS) is 10.9. The molecule has 0 aliphatic heterocycles. The van der Waals surface area contributed by atoms with E-state index in [9.17, 15) is 4.79 Å². The molecule has 1 aromatic heterocycles. The Balaban J connectivity index is 2.66. The molecule has 0 bridgehead atoms. The molecule has 0 radical (unpaired) electrons. The predicted octanol–water partition coefficient (Wildman–Crippen LogP) is 3.85. The van der Waals surface area contributed by atoms with Crippen molar-refractivity contribution in [2.45, 2.75) is 26.7 Å². The van der Waals surface area contributed by atoms with E-state index in [0.717, 1.165) is 16.9 Å². The number of carbonyl (C=O) groups excluding carboxylic acids is 1. The van der Waals surface area contributed by atoms with Crippen LogP contribution in [0.4, 0.5) is 0 Å². The molecule has 0 unspecified atom stereocenters. The summed E-state index contributed by atoms with van der Waals surface area (Å²) in [6.07, 6.45) is 0. The largest absolute Gasteiger partial charge is 0.464 e. The van der Waals surface area contributed by atoms with Crippen molar-refractivity contribution in [3.8, 4) is 5.69 Å². The molecule has 106 valence electrons. The van der Waals surface area contributed by atoms with Crippen LogP contribution < -0.4 is 0 Å². The quantitative estimate of drug-likeness (QED) is 0.799. The van der Waals surface area contributed by atoms with Crippen LogP contribution >= 0.6 is 15.9 Å². The number of hydrogen-bond donors (Lipinski definition) is 0. The van der Waals surface area contributed by atoms with E-state index in [0.29, 0.717) is 10.2 Å². The predicted molar refractivity (Wildman–Crippen MR) is 81.4 cm³/mol. The second-order valence-corrected chi connectivity index (χ2v) is 5.74. The number of nitrogens with zero attached hydrogens (tertiary/aromatic N) is 2. The monoisotopic (exact) mass is 336 g/mol. The molecule has 20 heavy (non-hydrogen) atoms. The Hall–Kier alpha value is -1.62. The van der Waals surface area contributed by atoms with E-state index in [-0.39, 0.29) is 5.92 Å². The van der Waals surface area contributed by atoms with Gasteiger partial charge >= 0.3 is 5.97 Å². The topological polar surface area (TPSA) is 44.1 Å². The Bertz CT molecular complexity index is 647. The first-order valence-electron chi connectivity index (χ1n) is 6.39. The van der Waals surface area contributed by atoms with E-state index in [1.54, 1.807) is 4.68 Å². The highest BCUT2D eigenvalue weighted by molar-refractivity contribution is 9.10. The Labute approximate surface area is 126 Å². The number of halogens is 1. The lowest BCUT2D eigenvalue weighted by Gasteiger charge is -2.11. The molecule has 0 spiro atoms. The molecule has 0 saturated carbocycles. The van der Waals surface area contributed by atoms with Gasteiger partial charge in [0.05, 0.1) is 23.0 Å². The third-order valence-electron chi connectivity index (χ3n) is 3.03. The lowest BCUT2D eigenvalue weighted by atomic mass is 10.1. The molecule has 4 nitrogen and oxygen atoms in total. The third kappa shape index (κ3) is 2.63. The van der Waals surface area contributed by atoms with Gasteiger partial charge in [-0.2, -0.15) is 5.10 Å². The zero-order chi connectivity index (χ0) is 14.9. The minimum atomic E-state index is -0.440. The summed E-state index contributed by atoms with van der Waals surface area (Å²) in [5, 5.41) is 4.41. The fraction of sp³-hybridized carbons (Fsp3) is 0.333. The van der Waals surface area contributed by atoms with Gasteiger partial charge in [0.2, 0.25) is 0 Å². The van der Waals surface area contributed by atoms with Gasteiger partial charge < -0.3 is 4.74 Å². The number of benzene rings is 1. The zero-order valence-corrected chi connectivity index (χ0v) is 13.6. The fourth-order valence-electron chi connectivity index (χ4n) is 2.09. The smallest absolute Gasteiger partial charge is 0.359 e. The Morgan fingerprint density at radius 3 is 2.65 bits per heavy atom. The number of ether oxygens (including phenoxy) is 1. The molecule has 1 heterocycles. The van der Waals surface area contributed by atoms with Gasteiger partial charge in [-0.25, -0.2) is 9.48 Å². The van der Waals surface area contributed by atoms with E-state index >= 15 is 0 Å². The first kappa shape index (κ1) is 14.8. The highest BCUT2D eigenvalue weighted by atomic mass is 79.9. The summed E-state index contributed by atoms with van der Waals surface area (Å²) < 4.78 is 7.27. The number of esters is 1. The van der Waals surface area contributed by atoms with Gasteiger partial charge in [0.1, 0.15) is 0 Å². The first-order valence-corrected chi connectivity index (χ1v) is 7.18. The van der Waals surface area contributed by atoms with Crippen LogP contribution in [0.2, 0.25) is 0 Å². The van der Waals surface area contributed by atoms with Crippen molar-refractivity contribution in [2.75, 3.05) is 7.11 Å². The molecule has 0 aliphatic rings. The summed E-state index contributed by atoms with van der Waals surface area (Å²) in [6.45, 7) is 6.16. The van der Waals surface area contributed by atoms with E-state index < -0.39 is 5.97 Å². The van der Waals surface area contributed by atoms with Crippen molar-refractivity contribution < 1.29 is 9.53 Å². The molecule has 0 aliphatic carbocycles. The van der Waals surface area contributed by atoms with Crippen molar-refractivity contribution in [3.05, 3.63) is 45.7 Å². The highest BCUT2D eigenvalue weighted by Crippen LogP contribution is 2.30. The molecule has 0 saturated heterocycles. The van der Waals surface area contributed by atoms with Crippen LogP contribution in [0.1, 0.15) is 41.5 Å². The summed E-state index contributed by atoms with van der Waals surface area (Å²) >= 11 is 3.48. The van der Waals surface area contributed by atoms with Crippen LogP contribution in [0.15, 0.2) is 28.7 Å². The van der Waals surface area contributed by atoms with Gasteiger partial charge in [0.25, 0.3) is 0 Å². The van der Waals surface area contributed by atoms with E-state index in [1.807, 2.05) is 31.2 Å². The first-order chi connectivity index (χ1) is 9.45. The van der Waals surface area contributed by atoms with Crippen molar-refractivity contribution >= 4 is 21.9 Å². The molecule has 0 fully saturated rings. The molecule has 0 atom stereocenters. The summed E-state index contributed by atoms with van der Waals surface area (Å²) in [6, 6.07) is 8.01. The number of hydrogen-bond acceptors (Lipinski definition) is 3. The molecule has 1 aromatic carbocycles. The highest BCUT2D eigenvalue weighted by Gasteiger charge is 2.24. The van der Waals surface area contributed by atoms with Crippen molar-refractivity contribution in [1.29, 1.82) is 0 Å². The van der Waals surface area contributed by atoms with E-state index in [4.69, 9.17) is 4.74 Å².